The summed E-state index contributed by atoms with van der Waals surface area (Å²) >= 11 is 3.54. The minimum atomic E-state index is -0.460. The lowest BCUT2D eigenvalue weighted by atomic mass is 9.99. The molecule has 1 aromatic carbocycles. The number of rotatable bonds is 4. The number of hydrogen-bond acceptors (Lipinski definition) is 3. The molecule has 0 spiro atoms. The molecule has 0 aliphatic carbocycles. The topological polar surface area (TPSA) is 35.6 Å². The molecular weight excluding hydrogens is 330 g/mol. The molecule has 2 rings (SSSR count). The van der Waals surface area contributed by atoms with Crippen molar-refractivity contribution in [3.05, 3.63) is 34.3 Å². The smallest absolute Gasteiger partial charge is 0.242 e. The molecule has 4 nitrogen and oxygen atoms in total. The molecule has 1 saturated heterocycles. The van der Waals surface area contributed by atoms with Gasteiger partial charge in [-0.3, -0.25) is 9.69 Å². The largest absolute Gasteiger partial charge is 0.340 e. The zero-order valence-electron chi connectivity index (χ0n) is 13.0. The SMILES string of the molecule is CN(Cc1ccccc1Br)C(=O)C(C)(C)N1CCNCC1. The van der Waals surface area contributed by atoms with E-state index in [-0.39, 0.29) is 5.91 Å². The minimum absolute atomic E-state index is 0.167. The van der Waals surface area contributed by atoms with Gasteiger partial charge < -0.3 is 10.2 Å². The number of likely N-dealkylation sites (N-methyl/N-ethyl adjacent to an activating group) is 1. The highest BCUT2D eigenvalue weighted by Gasteiger charge is 2.37. The summed E-state index contributed by atoms with van der Waals surface area (Å²) < 4.78 is 1.05. The summed E-state index contributed by atoms with van der Waals surface area (Å²) in [6.45, 7) is 8.41. The fourth-order valence-electron chi connectivity index (χ4n) is 2.78. The van der Waals surface area contributed by atoms with Crippen LogP contribution in [0.3, 0.4) is 0 Å². The van der Waals surface area contributed by atoms with Crippen LogP contribution in [0.5, 0.6) is 0 Å². The highest BCUT2D eigenvalue weighted by Crippen LogP contribution is 2.21. The summed E-state index contributed by atoms with van der Waals surface area (Å²) in [6.07, 6.45) is 0. The van der Waals surface area contributed by atoms with E-state index in [0.717, 1.165) is 36.2 Å². The summed E-state index contributed by atoms with van der Waals surface area (Å²) in [5.41, 5.74) is 0.669. The average Bonchev–Trinajstić information content (AvgIpc) is 2.49. The molecule has 0 saturated carbocycles. The van der Waals surface area contributed by atoms with Gasteiger partial charge in [0.15, 0.2) is 0 Å². The molecule has 0 atom stereocenters. The van der Waals surface area contributed by atoms with E-state index in [4.69, 9.17) is 0 Å². The number of nitrogens with one attached hydrogen (secondary N) is 1. The standard InChI is InChI=1S/C16H24BrN3O/c1-16(2,20-10-8-18-9-11-20)15(21)19(3)12-13-6-4-5-7-14(13)17/h4-7,18H,8-12H2,1-3H3. The van der Waals surface area contributed by atoms with Gasteiger partial charge in [0.1, 0.15) is 0 Å². The third-order valence-electron chi connectivity index (χ3n) is 4.14. The molecule has 5 heteroatoms. The highest BCUT2D eigenvalue weighted by molar-refractivity contribution is 9.10. The number of benzene rings is 1. The van der Waals surface area contributed by atoms with Crippen LogP contribution < -0.4 is 5.32 Å². The van der Waals surface area contributed by atoms with E-state index in [0.29, 0.717) is 6.54 Å². The van der Waals surface area contributed by atoms with Crippen molar-refractivity contribution in [1.82, 2.24) is 15.1 Å². The van der Waals surface area contributed by atoms with Crippen LogP contribution in [-0.4, -0.2) is 54.5 Å². The van der Waals surface area contributed by atoms with Gasteiger partial charge in [-0.25, -0.2) is 0 Å². The predicted molar refractivity (Wildman–Crippen MR) is 89.1 cm³/mol. The number of carbonyl (C=O) groups excluding carboxylic acids is 1. The molecule has 116 valence electrons. The van der Waals surface area contributed by atoms with Gasteiger partial charge in [0.05, 0.1) is 5.54 Å². The van der Waals surface area contributed by atoms with Crippen LogP contribution in [0.1, 0.15) is 19.4 Å². The van der Waals surface area contributed by atoms with Gasteiger partial charge in [0.2, 0.25) is 5.91 Å². The van der Waals surface area contributed by atoms with Crippen LogP contribution in [0.15, 0.2) is 28.7 Å². The first-order chi connectivity index (χ1) is 9.93. The maximum absolute atomic E-state index is 12.8. The Bertz CT molecular complexity index is 498. The van der Waals surface area contributed by atoms with Crippen molar-refractivity contribution in [2.45, 2.75) is 25.9 Å². The Morgan fingerprint density at radius 1 is 1.33 bits per heavy atom. The molecule has 1 aliphatic rings. The van der Waals surface area contributed by atoms with Gasteiger partial charge >= 0.3 is 0 Å². The Kier molecular flexibility index (Phi) is 5.41. The Balaban J connectivity index is 2.05. The second kappa shape index (κ2) is 6.90. The fourth-order valence-corrected chi connectivity index (χ4v) is 3.19. The summed E-state index contributed by atoms with van der Waals surface area (Å²) in [5.74, 6) is 0.167. The average molecular weight is 354 g/mol. The minimum Gasteiger partial charge on any atom is -0.340 e. The first kappa shape index (κ1) is 16.5. The van der Waals surface area contributed by atoms with E-state index in [1.54, 1.807) is 0 Å². The van der Waals surface area contributed by atoms with Crippen molar-refractivity contribution in [3.63, 3.8) is 0 Å². The van der Waals surface area contributed by atoms with Crippen molar-refractivity contribution in [3.8, 4) is 0 Å². The van der Waals surface area contributed by atoms with Gasteiger partial charge in [-0.2, -0.15) is 0 Å². The summed E-state index contributed by atoms with van der Waals surface area (Å²) in [7, 11) is 1.88. The van der Waals surface area contributed by atoms with Crippen LogP contribution >= 0.6 is 15.9 Å². The van der Waals surface area contributed by atoms with Gasteiger partial charge in [-0.05, 0) is 25.5 Å². The monoisotopic (exact) mass is 353 g/mol. The quantitative estimate of drug-likeness (QED) is 0.900. The number of amides is 1. The zero-order valence-corrected chi connectivity index (χ0v) is 14.6. The van der Waals surface area contributed by atoms with Gasteiger partial charge in [0, 0.05) is 44.2 Å². The van der Waals surface area contributed by atoms with Crippen LogP contribution in [-0.2, 0) is 11.3 Å². The second-order valence-electron chi connectivity index (χ2n) is 6.05. The van der Waals surface area contributed by atoms with E-state index in [1.807, 2.05) is 50.1 Å². The van der Waals surface area contributed by atoms with Gasteiger partial charge in [-0.1, -0.05) is 34.1 Å². The Labute approximate surface area is 135 Å². The maximum Gasteiger partial charge on any atom is 0.242 e. The van der Waals surface area contributed by atoms with Crippen LogP contribution in [0.25, 0.3) is 0 Å². The lowest BCUT2D eigenvalue weighted by Crippen LogP contribution is -2.60. The lowest BCUT2D eigenvalue weighted by Gasteiger charge is -2.41. The molecule has 1 fully saturated rings. The van der Waals surface area contributed by atoms with Crippen LogP contribution in [0.4, 0.5) is 0 Å². The molecular formula is C16H24BrN3O. The first-order valence-electron chi connectivity index (χ1n) is 7.37. The van der Waals surface area contributed by atoms with Crippen molar-refractivity contribution in [2.75, 3.05) is 33.2 Å². The van der Waals surface area contributed by atoms with E-state index in [9.17, 15) is 4.79 Å². The Morgan fingerprint density at radius 3 is 2.57 bits per heavy atom. The molecule has 0 aromatic heterocycles. The van der Waals surface area contributed by atoms with Gasteiger partial charge in [0.25, 0.3) is 0 Å². The van der Waals surface area contributed by atoms with Crippen molar-refractivity contribution >= 4 is 21.8 Å². The number of piperazine rings is 1. The summed E-state index contributed by atoms with van der Waals surface area (Å²) in [4.78, 5) is 16.9. The number of nitrogens with zero attached hydrogens (tertiary/aromatic N) is 2. The predicted octanol–water partition coefficient (Wildman–Crippen LogP) is 2.09. The maximum atomic E-state index is 12.8. The highest BCUT2D eigenvalue weighted by atomic mass is 79.9. The third kappa shape index (κ3) is 3.84. The normalized spacial score (nSPS) is 16.8. The number of carbonyl (C=O) groups is 1. The summed E-state index contributed by atoms with van der Waals surface area (Å²) in [6, 6.07) is 8.04. The molecule has 1 aromatic rings. The van der Waals surface area contributed by atoms with Crippen molar-refractivity contribution < 1.29 is 4.79 Å². The Hall–Kier alpha value is -0.910. The molecule has 0 bridgehead atoms. The number of halogens is 1. The third-order valence-corrected chi connectivity index (χ3v) is 4.92. The summed E-state index contributed by atoms with van der Waals surface area (Å²) in [5, 5.41) is 3.33. The Morgan fingerprint density at radius 2 is 1.95 bits per heavy atom. The molecule has 0 radical (unpaired) electrons. The molecule has 21 heavy (non-hydrogen) atoms. The zero-order chi connectivity index (χ0) is 15.5. The number of hydrogen-bond donors (Lipinski definition) is 1. The second-order valence-corrected chi connectivity index (χ2v) is 6.90. The van der Waals surface area contributed by atoms with Crippen LogP contribution in [0.2, 0.25) is 0 Å². The molecule has 1 amide bonds. The van der Waals surface area contributed by atoms with Gasteiger partial charge in [-0.15, -0.1) is 0 Å². The molecule has 1 aliphatic heterocycles. The molecule has 1 heterocycles. The van der Waals surface area contributed by atoms with Crippen molar-refractivity contribution in [2.24, 2.45) is 0 Å². The van der Waals surface area contributed by atoms with E-state index < -0.39 is 5.54 Å². The van der Waals surface area contributed by atoms with E-state index in [2.05, 4.69) is 26.1 Å². The van der Waals surface area contributed by atoms with E-state index >= 15 is 0 Å². The molecule has 0 unspecified atom stereocenters. The first-order valence-corrected chi connectivity index (χ1v) is 8.17. The molecule has 1 N–H and O–H groups in total. The van der Waals surface area contributed by atoms with Crippen LogP contribution in [0, 0.1) is 0 Å². The van der Waals surface area contributed by atoms with Crippen molar-refractivity contribution in [1.29, 1.82) is 0 Å². The lowest BCUT2D eigenvalue weighted by molar-refractivity contribution is -0.142. The van der Waals surface area contributed by atoms with E-state index in [1.165, 1.54) is 0 Å². The fraction of sp³-hybridized carbons (Fsp3) is 0.562.